The fourth-order valence-corrected chi connectivity index (χ4v) is 3.29. The second-order valence-corrected chi connectivity index (χ2v) is 7.56. The van der Waals surface area contributed by atoms with E-state index in [2.05, 4.69) is 5.32 Å². The van der Waals surface area contributed by atoms with Crippen LogP contribution in [0, 0.1) is 0 Å². The van der Waals surface area contributed by atoms with Crippen molar-refractivity contribution in [2.45, 2.75) is 32.4 Å². The Bertz CT molecular complexity index is 956. The number of hydrogen-bond donors (Lipinski definition) is 1. The van der Waals surface area contributed by atoms with Crippen LogP contribution in [0.25, 0.3) is 6.08 Å². The lowest BCUT2D eigenvalue weighted by Crippen LogP contribution is -2.29. The molecule has 0 aromatic heterocycles. The van der Waals surface area contributed by atoms with E-state index in [1.807, 2.05) is 0 Å². The van der Waals surface area contributed by atoms with E-state index in [1.54, 1.807) is 63.4 Å². The van der Waals surface area contributed by atoms with Crippen LogP contribution in [0.1, 0.15) is 37.4 Å². The summed E-state index contributed by atoms with van der Waals surface area (Å²) in [6, 6.07) is 9.92. The summed E-state index contributed by atoms with van der Waals surface area (Å²) in [6.45, 7) is 3.55. The maximum absolute atomic E-state index is 12.6. The van der Waals surface area contributed by atoms with Gasteiger partial charge in [-0.3, -0.25) is 9.59 Å². The highest BCUT2D eigenvalue weighted by Crippen LogP contribution is 2.36. The van der Waals surface area contributed by atoms with E-state index in [-0.39, 0.29) is 18.4 Å². The zero-order valence-corrected chi connectivity index (χ0v) is 19.6. The van der Waals surface area contributed by atoms with Crippen molar-refractivity contribution in [2.75, 3.05) is 21.3 Å². The summed E-state index contributed by atoms with van der Waals surface area (Å²) in [4.78, 5) is 24.9. The average molecular weight is 462 g/mol. The van der Waals surface area contributed by atoms with Gasteiger partial charge in [-0.1, -0.05) is 23.7 Å². The van der Waals surface area contributed by atoms with Crippen molar-refractivity contribution in [3.63, 3.8) is 0 Å². The molecule has 0 bridgehead atoms. The minimum absolute atomic E-state index is 0.00766. The van der Waals surface area contributed by atoms with Crippen molar-refractivity contribution in [2.24, 2.45) is 0 Å². The average Bonchev–Trinajstić information content (AvgIpc) is 2.76. The Labute approximate surface area is 193 Å². The minimum atomic E-state index is -0.571. The molecule has 0 aliphatic heterocycles. The summed E-state index contributed by atoms with van der Waals surface area (Å²) < 4.78 is 20.9. The van der Waals surface area contributed by atoms with Gasteiger partial charge in [0.15, 0.2) is 11.5 Å². The largest absolute Gasteiger partial charge is 0.497 e. The number of methoxy groups -OCH3 is 3. The third kappa shape index (κ3) is 7.20. The number of nitrogens with one attached hydrogen (secondary N) is 1. The lowest BCUT2D eigenvalue weighted by atomic mass is 10.0. The van der Waals surface area contributed by atoms with Gasteiger partial charge >= 0.3 is 5.97 Å². The highest BCUT2D eigenvalue weighted by Gasteiger charge is 2.19. The van der Waals surface area contributed by atoms with Crippen LogP contribution in [0.5, 0.6) is 17.2 Å². The van der Waals surface area contributed by atoms with Crippen molar-refractivity contribution in [3.8, 4) is 17.2 Å². The van der Waals surface area contributed by atoms with Gasteiger partial charge in [0, 0.05) is 6.08 Å². The molecule has 0 spiro atoms. The highest BCUT2D eigenvalue weighted by molar-refractivity contribution is 6.32. The number of amides is 1. The molecule has 7 nitrogen and oxygen atoms in total. The zero-order chi connectivity index (χ0) is 23.7. The number of benzene rings is 2. The fraction of sp³-hybridized carbons (Fsp3) is 0.333. The van der Waals surface area contributed by atoms with E-state index < -0.39 is 12.0 Å². The second-order valence-electron chi connectivity index (χ2n) is 7.15. The SMILES string of the molecule is COc1ccc(C(CC(=O)OC(C)C)NC(=O)/C=C/c2cc(Cl)c(OC)c(OC)c2)cc1. The Morgan fingerprint density at radius 1 is 1.03 bits per heavy atom. The number of ether oxygens (including phenoxy) is 4. The van der Waals surface area contributed by atoms with E-state index in [4.69, 9.17) is 30.5 Å². The van der Waals surface area contributed by atoms with Crippen LogP contribution < -0.4 is 19.5 Å². The third-order valence-corrected chi connectivity index (χ3v) is 4.74. The number of carbonyl (C=O) groups is 2. The van der Waals surface area contributed by atoms with Gasteiger partial charge in [0.05, 0.1) is 44.9 Å². The van der Waals surface area contributed by atoms with E-state index in [1.165, 1.54) is 20.3 Å². The summed E-state index contributed by atoms with van der Waals surface area (Å²) in [5.41, 5.74) is 1.41. The molecule has 0 radical (unpaired) electrons. The molecule has 2 rings (SSSR count). The van der Waals surface area contributed by atoms with E-state index in [0.717, 1.165) is 5.56 Å². The molecule has 2 aromatic rings. The zero-order valence-electron chi connectivity index (χ0n) is 18.8. The van der Waals surface area contributed by atoms with Crippen LogP contribution in [0.4, 0.5) is 0 Å². The summed E-state index contributed by atoms with van der Waals surface area (Å²) >= 11 is 6.22. The topological polar surface area (TPSA) is 83.1 Å². The molecule has 0 aliphatic rings. The van der Waals surface area contributed by atoms with Gasteiger partial charge in [0.25, 0.3) is 0 Å². The molecular formula is C24H28ClNO6. The summed E-state index contributed by atoms with van der Waals surface area (Å²) in [5, 5.41) is 3.22. The number of esters is 1. The van der Waals surface area contributed by atoms with Gasteiger partial charge in [-0.15, -0.1) is 0 Å². The Balaban J connectivity index is 2.19. The van der Waals surface area contributed by atoms with Crippen LogP contribution in [0.3, 0.4) is 0 Å². The molecule has 1 atom stereocenters. The first kappa shape index (κ1) is 25.1. The first-order valence-corrected chi connectivity index (χ1v) is 10.4. The van der Waals surface area contributed by atoms with E-state index in [0.29, 0.717) is 27.8 Å². The van der Waals surface area contributed by atoms with Crippen molar-refractivity contribution in [3.05, 3.63) is 58.6 Å². The molecule has 0 aliphatic carbocycles. The molecule has 1 N–H and O–H groups in total. The van der Waals surface area contributed by atoms with E-state index >= 15 is 0 Å². The Morgan fingerprint density at radius 3 is 2.28 bits per heavy atom. The van der Waals surface area contributed by atoms with Crippen molar-refractivity contribution < 1.29 is 28.5 Å². The van der Waals surface area contributed by atoms with Crippen LogP contribution >= 0.6 is 11.6 Å². The van der Waals surface area contributed by atoms with Crippen molar-refractivity contribution in [1.29, 1.82) is 0 Å². The summed E-state index contributed by atoms with van der Waals surface area (Å²) in [6.07, 6.45) is 2.71. The van der Waals surface area contributed by atoms with Crippen LogP contribution in [0.2, 0.25) is 5.02 Å². The molecule has 32 heavy (non-hydrogen) atoms. The molecule has 2 aromatic carbocycles. The van der Waals surface area contributed by atoms with Gasteiger partial charge in [0.1, 0.15) is 5.75 Å². The van der Waals surface area contributed by atoms with Crippen molar-refractivity contribution in [1.82, 2.24) is 5.32 Å². The monoisotopic (exact) mass is 461 g/mol. The Kier molecular flexibility index (Phi) is 9.40. The van der Waals surface area contributed by atoms with Crippen LogP contribution in [0.15, 0.2) is 42.5 Å². The molecule has 1 amide bonds. The van der Waals surface area contributed by atoms with Gasteiger partial charge in [-0.05, 0) is 55.3 Å². The molecule has 172 valence electrons. The molecule has 0 fully saturated rings. The maximum Gasteiger partial charge on any atom is 0.308 e. The third-order valence-electron chi connectivity index (χ3n) is 4.46. The number of rotatable bonds is 10. The summed E-state index contributed by atoms with van der Waals surface area (Å²) in [5.74, 6) is 0.756. The lowest BCUT2D eigenvalue weighted by molar-refractivity contribution is -0.148. The van der Waals surface area contributed by atoms with Gasteiger partial charge in [-0.25, -0.2) is 0 Å². The molecule has 8 heteroatoms. The number of halogens is 1. The second kappa shape index (κ2) is 12.0. The predicted molar refractivity (Wildman–Crippen MR) is 123 cm³/mol. The van der Waals surface area contributed by atoms with Gasteiger partial charge in [0.2, 0.25) is 5.91 Å². The highest BCUT2D eigenvalue weighted by atomic mass is 35.5. The van der Waals surface area contributed by atoms with E-state index in [9.17, 15) is 9.59 Å². The first-order chi connectivity index (χ1) is 15.3. The Hall–Kier alpha value is -3.19. The molecule has 0 saturated heterocycles. The molecular weight excluding hydrogens is 434 g/mol. The van der Waals surface area contributed by atoms with Gasteiger partial charge in [-0.2, -0.15) is 0 Å². The number of carbonyl (C=O) groups excluding carboxylic acids is 2. The standard InChI is InChI=1S/C24H28ClNO6/c1-15(2)32-23(28)14-20(17-7-9-18(29-3)10-8-17)26-22(27)11-6-16-12-19(25)24(31-5)21(13-16)30-4/h6-13,15,20H,14H2,1-5H3,(H,26,27)/b11-6+. The predicted octanol–water partition coefficient (Wildman–Crippen LogP) is 4.58. The fourth-order valence-electron chi connectivity index (χ4n) is 2.99. The van der Waals surface area contributed by atoms with Gasteiger partial charge < -0.3 is 24.3 Å². The normalized spacial score (nSPS) is 11.8. The van der Waals surface area contributed by atoms with Crippen LogP contribution in [-0.4, -0.2) is 39.3 Å². The number of hydrogen-bond acceptors (Lipinski definition) is 6. The van der Waals surface area contributed by atoms with Crippen molar-refractivity contribution >= 4 is 29.6 Å². The summed E-state index contributed by atoms with van der Waals surface area (Å²) in [7, 11) is 4.57. The quantitative estimate of drug-likeness (QED) is 0.412. The molecule has 0 heterocycles. The minimum Gasteiger partial charge on any atom is -0.497 e. The van der Waals surface area contributed by atoms with Crippen LogP contribution in [-0.2, 0) is 14.3 Å². The maximum atomic E-state index is 12.6. The first-order valence-electron chi connectivity index (χ1n) is 10.0. The lowest BCUT2D eigenvalue weighted by Gasteiger charge is -2.19. The molecule has 0 saturated carbocycles. The Morgan fingerprint density at radius 2 is 1.72 bits per heavy atom. The smallest absolute Gasteiger partial charge is 0.308 e. The molecule has 1 unspecified atom stereocenters.